The minimum Gasteiger partial charge on any atom is -0.282 e. The third-order valence-corrected chi connectivity index (χ3v) is 2.94. The maximum atomic E-state index is 5.62. The molecule has 4 aromatic rings. The van der Waals surface area contributed by atoms with Gasteiger partial charge < -0.3 is 0 Å². The van der Waals surface area contributed by atoms with Crippen LogP contribution in [-0.4, -0.2) is 29.2 Å². The second-order valence-corrected chi connectivity index (χ2v) is 4.68. The van der Waals surface area contributed by atoms with Crippen LogP contribution in [0.1, 0.15) is 0 Å². The summed E-state index contributed by atoms with van der Waals surface area (Å²) in [5, 5.41) is 7.37. The first-order chi connectivity index (χ1) is 9.72. The quantitative estimate of drug-likeness (QED) is 0.507. The van der Waals surface area contributed by atoms with Gasteiger partial charge in [0.25, 0.3) is 0 Å². The van der Waals surface area contributed by atoms with Gasteiger partial charge in [-0.15, -0.1) is 0 Å². The van der Waals surface area contributed by atoms with Gasteiger partial charge in [-0.3, -0.25) is 5.10 Å². The maximum absolute atomic E-state index is 5.62. The Hall–Kier alpha value is -2.25. The van der Waals surface area contributed by atoms with Crippen LogP contribution in [0.2, 0.25) is 5.15 Å². The number of hydrogen-bond acceptors (Lipinski definition) is 4. The summed E-state index contributed by atoms with van der Waals surface area (Å²) in [4.78, 5) is 8.05. The average molecular weight is 305 g/mol. The van der Waals surface area contributed by atoms with Crippen LogP contribution in [0.3, 0.4) is 0 Å². The van der Waals surface area contributed by atoms with Crippen molar-refractivity contribution in [3.05, 3.63) is 58.8 Å². The molecule has 4 heterocycles. The van der Waals surface area contributed by atoms with Crippen molar-refractivity contribution in [1.82, 2.24) is 29.2 Å². The molecule has 0 bridgehead atoms. The van der Waals surface area contributed by atoms with Gasteiger partial charge in [-0.25, -0.2) is 19.0 Å². The van der Waals surface area contributed by atoms with E-state index in [0.29, 0.717) is 9.79 Å². The summed E-state index contributed by atoms with van der Waals surface area (Å²) < 4.78 is 4.12. The summed E-state index contributed by atoms with van der Waals surface area (Å²) in [6.07, 6.45) is 6.98. The van der Waals surface area contributed by atoms with Crippen molar-refractivity contribution in [2.24, 2.45) is 0 Å². The number of aromatic amines is 1. The monoisotopic (exact) mass is 304 g/mol. The average Bonchev–Trinajstić information content (AvgIpc) is 3.06. The van der Waals surface area contributed by atoms with Crippen LogP contribution in [0.5, 0.6) is 0 Å². The summed E-state index contributed by atoms with van der Waals surface area (Å²) in [7, 11) is 0. The molecule has 0 aliphatic heterocycles. The van der Waals surface area contributed by atoms with Gasteiger partial charge in [-0.1, -0.05) is 23.8 Å². The van der Waals surface area contributed by atoms with Gasteiger partial charge in [0.05, 0.1) is 0 Å². The molecule has 0 unspecified atom stereocenters. The van der Waals surface area contributed by atoms with Crippen molar-refractivity contribution in [1.29, 1.82) is 0 Å². The van der Waals surface area contributed by atoms with Gasteiger partial charge in [0.1, 0.15) is 9.79 Å². The molecular formula is C12H9ClN6S. The largest absolute Gasteiger partial charge is 0.282 e. The van der Waals surface area contributed by atoms with Crippen LogP contribution >= 0.6 is 23.8 Å². The molecule has 0 saturated heterocycles. The third kappa shape index (κ3) is 2.68. The molecule has 0 aliphatic carbocycles. The van der Waals surface area contributed by atoms with Gasteiger partial charge in [0, 0.05) is 24.8 Å². The first-order valence-corrected chi connectivity index (χ1v) is 6.49. The first kappa shape index (κ1) is 12.8. The SMILES string of the molecule is Clc1ccc2nccn2n1.S=c1ccc2nccn2[nH]1. The van der Waals surface area contributed by atoms with Crippen LogP contribution in [0.4, 0.5) is 0 Å². The fourth-order valence-electron chi connectivity index (χ4n) is 1.63. The minimum absolute atomic E-state index is 0.477. The number of hydrogen-bond donors (Lipinski definition) is 1. The fraction of sp³-hybridized carbons (Fsp3) is 0. The number of H-pyrrole nitrogens is 1. The Labute approximate surface area is 123 Å². The van der Waals surface area contributed by atoms with E-state index in [2.05, 4.69) is 20.2 Å². The van der Waals surface area contributed by atoms with E-state index in [-0.39, 0.29) is 0 Å². The number of halogens is 1. The topological polar surface area (TPSA) is 63.3 Å². The Morgan fingerprint density at radius 2 is 1.75 bits per heavy atom. The van der Waals surface area contributed by atoms with Gasteiger partial charge in [0.15, 0.2) is 11.3 Å². The third-order valence-electron chi connectivity index (χ3n) is 2.51. The molecule has 4 rings (SSSR count). The van der Waals surface area contributed by atoms with Crippen molar-refractivity contribution in [3.63, 3.8) is 0 Å². The van der Waals surface area contributed by atoms with E-state index in [9.17, 15) is 0 Å². The summed E-state index contributed by atoms with van der Waals surface area (Å²) in [6, 6.07) is 7.22. The van der Waals surface area contributed by atoms with Gasteiger partial charge in [0.2, 0.25) is 0 Å². The van der Waals surface area contributed by atoms with E-state index in [0.717, 1.165) is 11.3 Å². The zero-order chi connectivity index (χ0) is 13.9. The Morgan fingerprint density at radius 3 is 2.65 bits per heavy atom. The Kier molecular flexibility index (Phi) is 3.44. The fourth-order valence-corrected chi connectivity index (χ4v) is 1.94. The lowest BCUT2D eigenvalue weighted by Gasteiger charge is -1.90. The summed E-state index contributed by atoms with van der Waals surface area (Å²) in [5.74, 6) is 0. The molecule has 0 radical (unpaired) electrons. The summed E-state index contributed by atoms with van der Waals surface area (Å²) >= 11 is 10.5. The highest BCUT2D eigenvalue weighted by atomic mass is 35.5. The second kappa shape index (κ2) is 5.40. The van der Waals surface area contributed by atoms with Crippen LogP contribution < -0.4 is 0 Å². The normalized spacial score (nSPS) is 10.4. The zero-order valence-electron chi connectivity index (χ0n) is 10.1. The van der Waals surface area contributed by atoms with E-state index in [1.165, 1.54) is 0 Å². The van der Waals surface area contributed by atoms with Crippen molar-refractivity contribution in [2.75, 3.05) is 0 Å². The molecule has 8 heteroatoms. The van der Waals surface area contributed by atoms with Crippen LogP contribution in [0.25, 0.3) is 11.3 Å². The lowest BCUT2D eigenvalue weighted by Crippen LogP contribution is -1.88. The molecule has 20 heavy (non-hydrogen) atoms. The summed E-state index contributed by atoms with van der Waals surface area (Å²) in [5.41, 5.74) is 1.69. The molecule has 0 atom stereocenters. The highest BCUT2D eigenvalue weighted by molar-refractivity contribution is 7.71. The van der Waals surface area contributed by atoms with Gasteiger partial charge in [-0.2, -0.15) is 5.10 Å². The van der Waals surface area contributed by atoms with Crippen molar-refractivity contribution < 1.29 is 0 Å². The van der Waals surface area contributed by atoms with E-state index >= 15 is 0 Å². The molecule has 6 nitrogen and oxygen atoms in total. The van der Waals surface area contributed by atoms with E-state index in [1.807, 2.05) is 24.4 Å². The van der Waals surface area contributed by atoms with Crippen molar-refractivity contribution in [2.45, 2.75) is 0 Å². The Morgan fingerprint density at radius 1 is 1.00 bits per heavy atom. The molecule has 0 spiro atoms. The Bertz CT molecular complexity index is 909. The lowest BCUT2D eigenvalue weighted by atomic mass is 10.6. The summed E-state index contributed by atoms with van der Waals surface area (Å²) in [6.45, 7) is 0. The predicted octanol–water partition coefficient (Wildman–Crippen LogP) is 2.77. The van der Waals surface area contributed by atoms with Crippen LogP contribution in [-0.2, 0) is 0 Å². The molecule has 100 valence electrons. The van der Waals surface area contributed by atoms with E-state index < -0.39 is 0 Å². The standard InChI is InChI=1S/C6H4ClN3.C6H5N3S/c7-5-1-2-6-8-3-4-10(6)9-5;10-6-2-1-5-7-3-4-9(5)8-6/h1-4H;1-4H,(H,8,10). The number of nitrogens with zero attached hydrogens (tertiary/aromatic N) is 5. The molecule has 1 N–H and O–H groups in total. The number of nitrogens with one attached hydrogen (secondary N) is 1. The number of imidazole rings is 2. The van der Waals surface area contributed by atoms with E-state index in [4.69, 9.17) is 23.8 Å². The van der Waals surface area contributed by atoms with Crippen LogP contribution in [0.15, 0.2) is 49.1 Å². The zero-order valence-corrected chi connectivity index (χ0v) is 11.7. The molecule has 0 aliphatic rings. The lowest BCUT2D eigenvalue weighted by molar-refractivity contribution is 0.924. The number of rotatable bonds is 0. The maximum Gasteiger partial charge on any atom is 0.153 e. The number of aromatic nitrogens is 6. The molecule has 0 fully saturated rings. The molecular weight excluding hydrogens is 296 g/mol. The van der Waals surface area contributed by atoms with Gasteiger partial charge in [-0.05, 0) is 24.3 Å². The Balaban J connectivity index is 0.000000121. The van der Waals surface area contributed by atoms with Crippen molar-refractivity contribution in [3.8, 4) is 0 Å². The van der Waals surface area contributed by atoms with Crippen LogP contribution in [0, 0.1) is 4.64 Å². The molecule has 0 amide bonds. The smallest absolute Gasteiger partial charge is 0.153 e. The molecule has 0 saturated carbocycles. The second-order valence-electron chi connectivity index (χ2n) is 3.85. The van der Waals surface area contributed by atoms with E-state index in [1.54, 1.807) is 33.7 Å². The predicted molar refractivity (Wildman–Crippen MR) is 78.4 cm³/mol. The minimum atomic E-state index is 0.477. The molecule has 0 aromatic carbocycles. The molecule has 4 aromatic heterocycles. The first-order valence-electron chi connectivity index (χ1n) is 5.71. The van der Waals surface area contributed by atoms with Gasteiger partial charge >= 0.3 is 0 Å². The highest BCUT2D eigenvalue weighted by Crippen LogP contribution is 2.04. The highest BCUT2D eigenvalue weighted by Gasteiger charge is 1.93. The van der Waals surface area contributed by atoms with Crippen molar-refractivity contribution >= 4 is 35.1 Å². The number of fused-ring (bicyclic) bond motifs is 2.